The summed E-state index contributed by atoms with van der Waals surface area (Å²) in [7, 11) is 0. The Morgan fingerprint density at radius 2 is 2.00 bits per heavy atom. The third-order valence-electron chi connectivity index (χ3n) is 3.29. The fourth-order valence-electron chi connectivity index (χ4n) is 2.44. The zero-order valence-electron chi connectivity index (χ0n) is 7.42. The minimum absolute atomic E-state index is 0. The Morgan fingerprint density at radius 1 is 1.33 bits per heavy atom. The van der Waals surface area contributed by atoms with Crippen molar-refractivity contribution in [1.82, 2.24) is 0 Å². The molecular formula is C9H18ClNO. The third-order valence-corrected chi connectivity index (χ3v) is 3.29. The molecule has 0 aromatic carbocycles. The molecule has 2 bridgehead atoms. The van der Waals surface area contributed by atoms with Crippen LogP contribution in [-0.2, 0) is 4.74 Å². The van der Waals surface area contributed by atoms with Gasteiger partial charge in [-0.25, -0.2) is 0 Å². The predicted molar refractivity (Wildman–Crippen MR) is 51.6 cm³/mol. The van der Waals surface area contributed by atoms with E-state index in [1.165, 1.54) is 32.1 Å². The lowest BCUT2D eigenvalue weighted by Crippen LogP contribution is -2.43. The molecule has 72 valence electrons. The first kappa shape index (κ1) is 10.3. The first-order valence-electron chi connectivity index (χ1n) is 4.66. The Bertz CT molecular complexity index is 124. The second kappa shape index (κ2) is 3.95. The van der Waals surface area contributed by atoms with E-state index in [0.29, 0.717) is 11.5 Å². The Hall–Kier alpha value is 0.210. The molecule has 3 rings (SSSR count). The Kier molecular flexibility index (Phi) is 3.38. The van der Waals surface area contributed by atoms with E-state index in [-0.39, 0.29) is 12.4 Å². The summed E-state index contributed by atoms with van der Waals surface area (Å²) in [6.45, 7) is 1.81. The lowest BCUT2D eigenvalue weighted by Gasteiger charge is -2.46. The number of nitrogens with two attached hydrogens (primary N) is 1. The van der Waals surface area contributed by atoms with Crippen molar-refractivity contribution in [3.63, 3.8) is 0 Å². The molecule has 1 aliphatic carbocycles. The zero-order valence-corrected chi connectivity index (χ0v) is 8.24. The fraction of sp³-hybridized carbons (Fsp3) is 1.00. The maximum Gasteiger partial charge on any atom is 0.0575 e. The zero-order chi connectivity index (χ0) is 7.73. The van der Waals surface area contributed by atoms with Crippen LogP contribution in [0.5, 0.6) is 0 Å². The lowest BCUT2D eigenvalue weighted by molar-refractivity contribution is -0.116. The number of hydrogen-bond acceptors (Lipinski definition) is 2. The van der Waals surface area contributed by atoms with Crippen LogP contribution in [0.3, 0.4) is 0 Å². The van der Waals surface area contributed by atoms with E-state index in [9.17, 15) is 0 Å². The van der Waals surface area contributed by atoms with Gasteiger partial charge in [-0.05, 0) is 44.1 Å². The summed E-state index contributed by atoms with van der Waals surface area (Å²) in [6, 6.07) is 0. The molecule has 2 nitrogen and oxygen atoms in total. The van der Waals surface area contributed by atoms with Gasteiger partial charge in [0.15, 0.2) is 0 Å². The Morgan fingerprint density at radius 3 is 2.42 bits per heavy atom. The average Bonchev–Trinajstić information content (AvgIpc) is 2.07. The minimum Gasteiger partial charge on any atom is -0.378 e. The van der Waals surface area contributed by atoms with Gasteiger partial charge in [0.1, 0.15) is 0 Å². The third kappa shape index (κ3) is 1.76. The molecule has 0 aromatic rings. The van der Waals surface area contributed by atoms with E-state index in [0.717, 1.165) is 13.2 Å². The van der Waals surface area contributed by atoms with Crippen LogP contribution in [-0.4, -0.2) is 19.3 Å². The lowest BCUT2D eigenvalue weighted by atomic mass is 9.69. The Labute approximate surface area is 80.3 Å². The molecule has 2 heterocycles. The van der Waals surface area contributed by atoms with E-state index in [1.54, 1.807) is 0 Å². The SMILES string of the molecule is Cl.NCCC12CCC(CC1)OC2. The van der Waals surface area contributed by atoms with Gasteiger partial charge >= 0.3 is 0 Å². The van der Waals surface area contributed by atoms with Crippen LogP contribution in [0.2, 0.25) is 0 Å². The van der Waals surface area contributed by atoms with Gasteiger partial charge < -0.3 is 10.5 Å². The molecule has 1 saturated carbocycles. The molecule has 3 fully saturated rings. The van der Waals surface area contributed by atoms with Crippen LogP contribution in [0.1, 0.15) is 32.1 Å². The topological polar surface area (TPSA) is 35.2 Å². The molecule has 0 radical (unpaired) electrons. The summed E-state index contributed by atoms with van der Waals surface area (Å²) < 4.78 is 5.68. The number of hydrogen-bond donors (Lipinski definition) is 1. The van der Waals surface area contributed by atoms with Crippen molar-refractivity contribution in [2.75, 3.05) is 13.2 Å². The molecular weight excluding hydrogens is 174 g/mol. The molecule has 0 spiro atoms. The maximum absolute atomic E-state index is 5.68. The summed E-state index contributed by atoms with van der Waals surface area (Å²) in [6.07, 6.45) is 7.03. The highest BCUT2D eigenvalue weighted by atomic mass is 35.5. The van der Waals surface area contributed by atoms with Crippen LogP contribution in [0, 0.1) is 5.41 Å². The quantitative estimate of drug-likeness (QED) is 0.722. The van der Waals surface area contributed by atoms with Crippen LogP contribution < -0.4 is 5.73 Å². The summed E-state index contributed by atoms with van der Waals surface area (Å²) in [5.41, 5.74) is 6.07. The highest BCUT2D eigenvalue weighted by Gasteiger charge is 2.40. The standard InChI is InChI=1S/C9H17NO.ClH/c10-6-5-9-3-1-8(2-4-9)11-7-9;/h8H,1-7,10H2;1H. The van der Waals surface area contributed by atoms with Crippen molar-refractivity contribution in [1.29, 1.82) is 0 Å². The molecule has 2 aliphatic heterocycles. The van der Waals surface area contributed by atoms with Gasteiger partial charge in [0.25, 0.3) is 0 Å². The first-order valence-corrected chi connectivity index (χ1v) is 4.66. The molecule has 0 atom stereocenters. The monoisotopic (exact) mass is 191 g/mol. The van der Waals surface area contributed by atoms with Gasteiger partial charge in [0.05, 0.1) is 12.7 Å². The number of rotatable bonds is 2. The van der Waals surface area contributed by atoms with E-state index in [1.807, 2.05) is 0 Å². The maximum atomic E-state index is 5.68. The van der Waals surface area contributed by atoms with E-state index < -0.39 is 0 Å². The molecule has 2 saturated heterocycles. The molecule has 2 N–H and O–H groups in total. The normalized spacial score (nSPS) is 39.2. The summed E-state index contributed by atoms with van der Waals surface area (Å²) in [5.74, 6) is 0. The highest BCUT2D eigenvalue weighted by molar-refractivity contribution is 5.85. The second-order valence-electron chi connectivity index (χ2n) is 4.05. The Balaban J connectivity index is 0.000000720. The largest absolute Gasteiger partial charge is 0.378 e. The summed E-state index contributed by atoms with van der Waals surface area (Å²) >= 11 is 0. The van der Waals surface area contributed by atoms with Crippen LogP contribution in [0.15, 0.2) is 0 Å². The van der Waals surface area contributed by atoms with E-state index >= 15 is 0 Å². The van der Waals surface area contributed by atoms with E-state index in [4.69, 9.17) is 10.5 Å². The van der Waals surface area contributed by atoms with Crippen molar-refractivity contribution in [3.8, 4) is 0 Å². The molecule has 0 amide bonds. The second-order valence-corrected chi connectivity index (χ2v) is 4.05. The van der Waals surface area contributed by atoms with E-state index in [2.05, 4.69) is 0 Å². The van der Waals surface area contributed by atoms with Gasteiger partial charge in [-0.3, -0.25) is 0 Å². The molecule has 0 aromatic heterocycles. The first-order chi connectivity index (χ1) is 5.35. The molecule has 3 heteroatoms. The molecule has 3 aliphatic rings. The minimum atomic E-state index is 0. The van der Waals surface area contributed by atoms with Crippen LogP contribution >= 0.6 is 12.4 Å². The number of ether oxygens (including phenoxy) is 1. The fourth-order valence-corrected chi connectivity index (χ4v) is 2.44. The predicted octanol–water partition coefficient (Wildman–Crippen LogP) is 1.72. The van der Waals surface area contributed by atoms with Crippen LogP contribution in [0.4, 0.5) is 0 Å². The van der Waals surface area contributed by atoms with Crippen molar-refractivity contribution >= 4 is 12.4 Å². The number of halogens is 1. The number of fused-ring (bicyclic) bond motifs is 3. The van der Waals surface area contributed by atoms with Gasteiger partial charge in [-0.2, -0.15) is 0 Å². The van der Waals surface area contributed by atoms with Crippen LogP contribution in [0.25, 0.3) is 0 Å². The van der Waals surface area contributed by atoms with Gasteiger partial charge in [0, 0.05) is 0 Å². The molecule has 12 heavy (non-hydrogen) atoms. The highest BCUT2D eigenvalue weighted by Crippen LogP contribution is 2.44. The summed E-state index contributed by atoms with van der Waals surface area (Å²) in [5, 5.41) is 0. The van der Waals surface area contributed by atoms with Gasteiger partial charge in [-0.1, -0.05) is 0 Å². The van der Waals surface area contributed by atoms with Crippen molar-refractivity contribution in [2.24, 2.45) is 11.1 Å². The van der Waals surface area contributed by atoms with Gasteiger partial charge in [0.2, 0.25) is 0 Å². The van der Waals surface area contributed by atoms with Gasteiger partial charge in [-0.15, -0.1) is 12.4 Å². The molecule has 0 unspecified atom stereocenters. The van der Waals surface area contributed by atoms with Crippen molar-refractivity contribution in [3.05, 3.63) is 0 Å². The van der Waals surface area contributed by atoms with Crippen molar-refractivity contribution in [2.45, 2.75) is 38.2 Å². The average molecular weight is 192 g/mol. The summed E-state index contributed by atoms with van der Waals surface area (Å²) in [4.78, 5) is 0. The van der Waals surface area contributed by atoms with Crippen molar-refractivity contribution < 1.29 is 4.74 Å². The smallest absolute Gasteiger partial charge is 0.0575 e.